The second kappa shape index (κ2) is 5.83. The summed E-state index contributed by atoms with van der Waals surface area (Å²) >= 11 is 0. The molecule has 0 saturated carbocycles. The lowest BCUT2D eigenvalue weighted by Gasteiger charge is -2.24. The molecule has 15 heavy (non-hydrogen) atoms. The van der Waals surface area contributed by atoms with Crippen LogP contribution in [0.2, 0.25) is 0 Å². The first-order chi connectivity index (χ1) is 7.13. The number of hydrogen-bond donors (Lipinski definition) is 1. The van der Waals surface area contributed by atoms with Crippen LogP contribution in [-0.2, 0) is 6.54 Å². The van der Waals surface area contributed by atoms with Crippen molar-refractivity contribution in [3.05, 3.63) is 35.6 Å². The van der Waals surface area contributed by atoms with Gasteiger partial charge in [-0.15, -0.1) is 0 Å². The lowest BCUT2D eigenvalue weighted by Crippen LogP contribution is -2.30. The number of benzene rings is 1. The van der Waals surface area contributed by atoms with E-state index >= 15 is 0 Å². The van der Waals surface area contributed by atoms with Gasteiger partial charge in [0.2, 0.25) is 0 Å². The van der Waals surface area contributed by atoms with Gasteiger partial charge in [0, 0.05) is 12.6 Å². The van der Waals surface area contributed by atoms with E-state index in [1.807, 2.05) is 13.1 Å². The lowest BCUT2D eigenvalue weighted by atomic mass is 10.1. The largest absolute Gasteiger partial charge is 0.330 e. The van der Waals surface area contributed by atoms with E-state index in [9.17, 15) is 4.39 Å². The Bertz CT molecular complexity index is 301. The third-order valence-electron chi connectivity index (χ3n) is 2.66. The summed E-state index contributed by atoms with van der Waals surface area (Å²) in [7, 11) is 2.03. The lowest BCUT2D eigenvalue weighted by molar-refractivity contribution is 0.240. The molecule has 0 heterocycles. The second-order valence-corrected chi connectivity index (χ2v) is 3.97. The molecule has 0 aromatic heterocycles. The zero-order valence-corrected chi connectivity index (χ0v) is 9.41. The van der Waals surface area contributed by atoms with Gasteiger partial charge in [-0.1, -0.05) is 12.1 Å². The molecule has 1 aromatic carbocycles. The molecule has 0 fully saturated rings. The summed E-state index contributed by atoms with van der Waals surface area (Å²) < 4.78 is 12.9. The van der Waals surface area contributed by atoms with Crippen molar-refractivity contribution in [2.24, 2.45) is 5.73 Å². The number of halogens is 1. The topological polar surface area (TPSA) is 29.3 Å². The van der Waals surface area contributed by atoms with Crippen LogP contribution < -0.4 is 5.73 Å². The van der Waals surface area contributed by atoms with Crippen molar-refractivity contribution in [1.82, 2.24) is 4.90 Å². The van der Waals surface area contributed by atoms with Crippen molar-refractivity contribution >= 4 is 0 Å². The molecule has 1 atom stereocenters. The molecule has 84 valence electrons. The van der Waals surface area contributed by atoms with Gasteiger partial charge in [0.25, 0.3) is 0 Å². The molecular weight excluding hydrogens is 191 g/mol. The molecule has 0 bridgehead atoms. The van der Waals surface area contributed by atoms with Gasteiger partial charge in [-0.2, -0.15) is 0 Å². The zero-order valence-electron chi connectivity index (χ0n) is 9.41. The highest BCUT2D eigenvalue weighted by Gasteiger charge is 2.08. The summed E-state index contributed by atoms with van der Waals surface area (Å²) in [5.41, 5.74) is 6.50. The molecule has 1 aromatic rings. The quantitative estimate of drug-likeness (QED) is 0.805. The van der Waals surface area contributed by atoms with Gasteiger partial charge < -0.3 is 5.73 Å². The maximum atomic E-state index is 12.9. The fraction of sp³-hybridized carbons (Fsp3) is 0.500. The summed E-state index contributed by atoms with van der Waals surface area (Å²) in [5, 5.41) is 0. The van der Waals surface area contributed by atoms with Crippen molar-refractivity contribution in [3.8, 4) is 0 Å². The Morgan fingerprint density at radius 2 is 2.20 bits per heavy atom. The second-order valence-electron chi connectivity index (χ2n) is 3.97. The van der Waals surface area contributed by atoms with Gasteiger partial charge in [0.1, 0.15) is 5.82 Å². The molecule has 0 radical (unpaired) electrons. The number of nitrogens with two attached hydrogens (primary N) is 1. The van der Waals surface area contributed by atoms with Crippen molar-refractivity contribution in [1.29, 1.82) is 0 Å². The van der Waals surface area contributed by atoms with E-state index in [1.165, 1.54) is 6.07 Å². The van der Waals surface area contributed by atoms with Crippen molar-refractivity contribution in [2.75, 3.05) is 13.6 Å². The van der Waals surface area contributed by atoms with E-state index in [0.29, 0.717) is 12.6 Å². The summed E-state index contributed by atoms with van der Waals surface area (Å²) in [4.78, 5) is 2.18. The number of hydrogen-bond acceptors (Lipinski definition) is 2. The Labute approximate surface area is 90.9 Å². The fourth-order valence-electron chi connectivity index (χ4n) is 1.54. The molecule has 0 saturated heterocycles. The molecule has 0 aliphatic heterocycles. The van der Waals surface area contributed by atoms with Crippen molar-refractivity contribution in [3.63, 3.8) is 0 Å². The van der Waals surface area contributed by atoms with Crippen LogP contribution in [0, 0.1) is 5.82 Å². The maximum Gasteiger partial charge on any atom is 0.123 e. The minimum atomic E-state index is -0.174. The van der Waals surface area contributed by atoms with Gasteiger partial charge in [-0.05, 0) is 44.6 Å². The van der Waals surface area contributed by atoms with Crippen LogP contribution >= 0.6 is 0 Å². The van der Waals surface area contributed by atoms with E-state index in [4.69, 9.17) is 5.73 Å². The van der Waals surface area contributed by atoms with Crippen LogP contribution in [-0.4, -0.2) is 24.5 Å². The molecule has 2 nitrogen and oxygen atoms in total. The molecule has 0 aliphatic rings. The van der Waals surface area contributed by atoms with E-state index in [2.05, 4.69) is 11.8 Å². The van der Waals surface area contributed by atoms with Crippen LogP contribution in [0.4, 0.5) is 4.39 Å². The Morgan fingerprint density at radius 3 is 2.80 bits per heavy atom. The predicted molar refractivity (Wildman–Crippen MR) is 61.0 cm³/mol. The van der Waals surface area contributed by atoms with Gasteiger partial charge in [-0.3, -0.25) is 4.90 Å². The maximum absolute atomic E-state index is 12.9. The molecule has 0 aliphatic carbocycles. The third kappa shape index (κ3) is 3.98. The Hall–Kier alpha value is -0.930. The summed E-state index contributed by atoms with van der Waals surface area (Å²) in [6.07, 6.45) is 0.964. The highest BCUT2D eigenvalue weighted by atomic mass is 19.1. The van der Waals surface area contributed by atoms with Crippen LogP contribution in [0.15, 0.2) is 24.3 Å². The first-order valence-electron chi connectivity index (χ1n) is 5.28. The Balaban J connectivity index is 2.54. The first kappa shape index (κ1) is 12.1. The normalized spacial score (nSPS) is 13.1. The number of rotatable bonds is 5. The van der Waals surface area contributed by atoms with Crippen LogP contribution in [0.1, 0.15) is 18.9 Å². The average Bonchev–Trinajstić information content (AvgIpc) is 2.18. The summed E-state index contributed by atoms with van der Waals surface area (Å²) in [5.74, 6) is -0.174. The smallest absolute Gasteiger partial charge is 0.123 e. The zero-order chi connectivity index (χ0) is 11.3. The standard InChI is InChI=1S/C12H19FN2/c1-10(6-7-14)15(2)9-11-4-3-5-12(13)8-11/h3-5,8,10H,6-7,9,14H2,1-2H3. The predicted octanol–water partition coefficient (Wildman–Crippen LogP) is 1.99. The van der Waals surface area contributed by atoms with E-state index in [-0.39, 0.29) is 5.82 Å². The summed E-state index contributed by atoms with van der Waals surface area (Å²) in [6.45, 7) is 3.58. The van der Waals surface area contributed by atoms with Crippen LogP contribution in [0.25, 0.3) is 0 Å². The minimum absolute atomic E-state index is 0.174. The Kier molecular flexibility index (Phi) is 4.72. The Morgan fingerprint density at radius 1 is 1.47 bits per heavy atom. The first-order valence-corrected chi connectivity index (χ1v) is 5.28. The minimum Gasteiger partial charge on any atom is -0.330 e. The van der Waals surface area contributed by atoms with E-state index in [1.54, 1.807) is 12.1 Å². The van der Waals surface area contributed by atoms with Crippen molar-refractivity contribution in [2.45, 2.75) is 25.9 Å². The van der Waals surface area contributed by atoms with Gasteiger partial charge in [0.05, 0.1) is 0 Å². The van der Waals surface area contributed by atoms with Gasteiger partial charge in [-0.25, -0.2) is 4.39 Å². The molecule has 0 spiro atoms. The molecule has 2 N–H and O–H groups in total. The third-order valence-corrected chi connectivity index (χ3v) is 2.66. The average molecular weight is 210 g/mol. The fourth-order valence-corrected chi connectivity index (χ4v) is 1.54. The van der Waals surface area contributed by atoms with Crippen molar-refractivity contribution < 1.29 is 4.39 Å². The van der Waals surface area contributed by atoms with Crippen LogP contribution in [0.3, 0.4) is 0 Å². The molecule has 1 unspecified atom stereocenters. The highest BCUT2D eigenvalue weighted by molar-refractivity contribution is 5.16. The molecular formula is C12H19FN2. The van der Waals surface area contributed by atoms with Gasteiger partial charge >= 0.3 is 0 Å². The summed E-state index contributed by atoms with van der Waals surface area (Å²) in [6, 6.07) is 7.15. The highest BCUT2D eigenvalue weighted by Crippen LogP contribution is 2.09. The molecule has 1 rings (SSSR count). The van der Waals surface area contributed by atoms with E-state index in [0.717, 1.165) is 18.5 Å². The van der Waals surface area contributed by atoms with Gasteiger partial charge in [0.15, 0.2) is 0 Å². The monoisotopic (exact) mass is 210 g/mol. The molecule has 3 heteroatoms. The van der Waals surface area contributed by atoms with Crippen LogP contribution in [0.5, 0.6) is 0 Å². The SMILES string of the molecule is CC(CCN)N(C)Cc1cccc(F)c1. The molecule has 0 amide bonds. The number of nitrogens with zero attached hydrogens (tertiary/aromatic N) is 1. The van der Waals surface area contributed by atoms with E-state index < -0.39 is 0 Å².